The highest BCUT2D eigenvalue weighted by atomic mass is 19.1. The highest BCUT2D eigenvalue weighted by molar-refractivity contribution is 5.25. The normalized spacial score (nSPS) is 12.6. The molecule has 0 aliphatic rings. The van der Waals surface area contributed by atoms with E-state index < -0.39 is 0 Å². The Labute approximate surface area is 131 Å². The fourth-order valence-electron chi connectivity index (χ4n) is 3.05. The lowest BCUT2D eigenvalue weighted by molar-refractivity contribution is 0.412. The molecule has 0 saturated heterocycles. The molecule has 0 saturated carbocycles. The summed E-state index contributed by atoms with van der Waals surface area (Å²) < 4.78 is 14.0. The smallest absolute Gasteiger partial charge is 0.126 e. The van der Waals surface area contributed by atoms with E-state index in [2.05, 4.69) is 26.8 Å². The zero-order valence-corrected chi connectivity index (χ0v) is 14.3. The summed E-state index contributed by atoms with van der Waals surface area (Å²) in [5.41, 5.74) is 2.06. The Hall–Kier alpha value is -0.850. The van der Waals surface area contributed by atoms with Gasteiger partial charge in [0.05, 0.1) is 0 Å². The van der Waals surface area contributed by atoms with Crippen LogP contribution in [0.15, 0.2) is 18.2 Å². The van der Waals surface area contributed by atoms with Crippen molar-refractivity contribution in [2.45, 2.75) is 85.0 Å². The van der Waals surface area contributed by atoms with Crippen molar-refractivity contribution in [3.8, 4) is 0 Å². The minimum Gasteiger partial charge on any atom is -0.207 e. The lowest BCUT2D eigenvalue weighted by atomic mass is 9.89. The van der Waals surface area contributed by atoms with Crippen LogP contribution in [0.3, 0.4) is 0 Å². The molecule has 21 heavy (non-hydrogen) atoms. The van der Waals surface area contributed by atoms with Gasteiger partial charge in [0.2, 0.25) is 0 Å². The van der Waals surface area contributed by atoms with Crippen LogP contribution in [0.25, 0.3) is 0 Å². The number of halogens is 1. The van der Waals surface area contributed by atoms with E-state index in [1.807, 2.05) is 6.07 Å². The summed E-state index contributed by atoms with van der Waals surface area (Å²) in [5, 5.41) is 0. The van der Waals surface area contributed by atoms with Gasteiger partial charge in [-0.25, -0.2) is 4.39 Å². The first-order chi connectivity index (χ1) is 10.2. The Balaban J connectivity index is 2.61. The third-order valence-electron chi connectivity index (χ3n) is 4.34. The van der Waals surface area contributed by atoms with E-state index in [0.29, 0.717) is 0 Å². The van der Waals surface area contributed by atoms with Gasteiger partial charge in [0.1, 0.15) is 5.82 Å². The van der Waals surface area contributed by atoms with Gasteiger partial charge in [0.15, 0.2) is 0 Å². The van der Waals surface area contributed by atoms with E-state index in [-0.39, 0.29) is 5.82 Å². The summed E-state index contributed by atoms with van der Waals surface area (Å²) in [7, 11) is 0. The van der Waals surface area contributed by atoms with Crippen LogP contribution in [0, 0.1) is 11.7 Å². The van der Waals surface area contributed by atoms with E-state index in [1.54, 1.807) is 6.07 Å². The number of benzene rings is 1. The van der Waals surface area contributed by atoms with Gasteiger partial charge < -0.3 is 0 Å². The molecule has 1 aromatic carbocycles. The first kappa shape index (κ1) is 18.2. The summed E-state index contributed by atoms with van der Waals surface area (Å²) in [5.74, 6) is 0.727. The SMILES string of the molecule is CCCCC[C@H](CCCC)Cc1ccc(CCC)c(F)c1. The molecule has 1 atom stereocenters. The standard InChI is InChI=1S/C20H33F/c1-4-7-9-12-17(11-8-5-2)15-18-13-14-19(10-6-3)20(21)16-18/h13-14,16-17H,4-12,15H2,1-3H3/t17-/m0/s1. The van der Waals surface area contributed by atoms with Gasteiger partial charge in [-0.05, 0) is 36.0 Å². The average Bonchev–Trinajstić information content (AvgIpc) is 2.47. The maximum absolute atomic E-state index is 14.0. The van der Waals surface area contributed by atoms with Crippen LogP contribution in [-0.4, -0.2) is 0 Å². The highest BCUT2D eigenvalue weighted by Crippen LogP contribution is 2.23. The Morgan fingerprint density at radius 2 is 1.62 bits per heavy atom. The molecular weight excluding hydrogens is 259 g/mol. The molecule has 0 aliphatic heterocycles. The van der Waals surface area contributed by atoms with Gasteiger partial charge in [0.25, 0.3) is 0 Å². The topological polar surface area (TPSA) is 0 Å². The van der Waals surface area contributed by atoms with Crippen LogP contribution in [0.5, 0.6) is 0 Å². The fourth-order valence-corrected chi connectivity index (χ4v) is 3.05. The molecular formula is C20H33F. The van der Waals surface area contributed by atoms with Gasteiger partial charge in [-0.15, -0.1) is 0 Å². The van der Waals surface area contributed by atoms with Crippen LogP contribution in [0.4, 0.5) is 4.39 Å². The monoisotopic (exact) mass is 292 g/mol. The molecule has 0 unspecified atom stereocenters. The molecule has 120 valence electrons. The zero-order valence-electron chi connectivity index (χ0n) is 14.3. The van der Waals surface area contributed by atoms with Crippen LogP contribution in [0.2, 0.25) is 0 Å². The zero-order chi connectivity index (χ0) is 15.5. The molecule has 0 aromatic heterocycles. The summed E-state index contributed by atoms with van der Waals surface area (Å²) in [6, 6.07) is 5.92. The van der Waals surface area contributed by atoms with Crippen molar-refractivity contribution in [3.05, 3.63) is 35.1 Å². The molecule has 1 aromatic rings. The minimum absolute atomic E-state index is 0.00264. The Bertz CT molecular complexity index is 383. The molecule has 0 aliphatic carbocycles. The Kier molecular flexibility index (Phi) is 9.37. The molecule has 1 heteroatoms. The van der Waals surface area contributed by atoms with Gasteiger partial charge in [0, 0.05) is 0 Å². The van der Waals surface area contributed by atoms with Gasteiger partial charge >= 0.3 is 0 Å². The minimum atomic E-state index is -0.00264. The number of aryl methyl sites for hydroxylation is 1. The average molecular weight is 292 g/mol. The number of hydrogen-bond acceptors (Lipinski definition) is 0. The second-order valence-corrected chi connectivity index (χ2v) is 6.38. The molecule has 1 rings (SSSR count). The second kappa shape index (κ2) is 10.8. The van der Waals surface area contributed by atoms with Crippen LogP contribution in [0.1, 0.15) is 83.3 Å². The first-order valence-electron chi connectivity index (χ1n) is 8.98. The summed E-state index contributed by atoms with van der Waals surface area (Å²) >= 11 is 0. The van der Waals surface area contributed by atoms with E-state index in [4.69, 9.17) is 0 Å². The van der Waals surface area contributed by atoms with Crippen molar-refractivity contribution < 1.29 is 4.39 Å². The second-order valence-electron chi connectivity index (χ2n) is 6.38. The molecule has 0 heterocycles. The van der Waals surface area contributed by atoms with E-state index >= 15 is 0 Å². The van der Waals surface area contributed by atoms with Crippen LogP contribution < -0.4 is 0 Å². The summed E-state index contributed by atoms with van der Waals surface area (Å²) in [6.45, 7) is 6.60. The van der Waals surface area contributed by atoms with Crippen molar-refractivity contribution in [2.75, 3.05) is 0 Å². The third kappa shape index (κ3) is 7.11. The molecule has 0 spiro atoms. The highest BCUT2D eigenvalue weighted by Gasteiger charge is 2.11. The predicted octanol–water partition coefficient (Wildman–Crippen LogP) is 6.71. The van der Waals surface area contributed by atoms with Gasteiger partial charge in [-0.2, -0.15) is 0 Å². The largest absolute Gasteiger partial charge is 0.207 e. The molecule has 0 N–H and O–H groups in total. The molecule has 0 nitrogen and oxygen atoms in total. The lowest BCUT2D eigenvalue weighted by Gasteiger charge is -2.17. The first-order valence-corrected chi connectivity index (χ1v) is 8.98. The fraction of sp³-hybridized carbons (Fsp3) is 0.700. The maximum atomic E-state index is 14.0. The van der Waals surface area contributed by atoms with Crippen molar-refractivity contribution in [1.82, 2.24) is 0 Å². The number of rotatable bonds is 11. The Morgan fingerprint density at radius 1 is 0.905 bits per heavy atom. The third-order valence-corrected chi connectivity index (χ3v) is 4.34. The molecule has 0 bridgehead atoms. The Morgan fingerprint density at radius 3 is 2.24 bits per heavy atom. The summed E-state index contributed by atoms with van der Waals surface area (Å²) in [6.07, 6.45) is 12.0. The molecule has 0 radical (unpaired) electrons. The predicted molar refractivity (Wildman–Crippen MR) is 91.3 cm³/mol. The van der Waals surface area contributed by atoms with Gasteiger partial charge in [-0.1, -0.05) is 84.3 Å². The lowest BCUT2D eigenvalue weighted by Crippen LogP contribution is -2.06. The van der Waals surface area contributed by atoms with E-state index in [1.165, 1.54) is 50.5 Å². The molecule has 0 amide bonds. The van der Waals surface area contributed by atoms with E-state index in [0.717, 1.165) is 30.7 Å². The van der Waals surface area contributed by atoms with Crippen LogP contribution in [-0.2, 0) is 12.8 Å². The number of hydrogen-bond donors (Lipinski definition) is 0. The maximum Gasteiger partial charge on any atom is 0.126 e. The number of unbranched alkanes of at least 4 members (excludes halogenated alkanes) is 3. The van der Waals surface area contributed by atoms with Crippen molar-refractivity contribution in [1.29, 1.82) is 0 Å². The van der Waals surface area contributed by atoms with Gasteiger partial charge in [-0.3, -0.25) is 0 Å². The quantitative estimate of drug-likeness (QED) is 0.398. The summed E-state index contributed by atoms with van der Waals surface area (Å²) in [4.78, 5) is 0. The van der Waals surface area contributed by atoms with Crippen molar-refractivity contribution in [3.63, 3.8) is 0 Å². The van der Waals surface area contributed by atoms with Crippen LogP contribution >= 0.6 is 0 Å². The van der Waals surface area contributed by atoms with Crippen molar-refractivity contribution in [2.24, 2.45) is 5.92 Å². The van der Waals surface area contributed by atoms with Crippen molar-refractivity contribution >= 4 is 0 Å². The van der Waals surface area contributed by atoms with E-state index in [9.17, 15) is 4.39 Å². The molecule has 0 fully saturated rings.